The summed E-state index contributed by atoms with van der Waals surface area (Å²) in [6.07, 6.45) is -1.72. The van der Waals surface area contributed by atoms with Crippen molar-refractivity contribution in [2.24, 2.45) is 11.1 Å². The molecule has 0 aliphatic rings. The van der Waals surface area contributed by atoms with E-state index in [1.165, 1.54) is 41.9 Å². The van der Waals surface area contributed by atoms with Crippen LogP contribution in [0, 0.1) is 13.8 Å². The van der Waals surface area contributed by atoms with Gasteiger partial charge in [0.1, 0.15) is 22.6 Å². The van der Waals surface area contributed by atoms with Gasteiger partial charge in [-0.3, -0.25) is 9.63 Å². The van der Waals surface area contributed by atoms with Crippen molar-refractivity contribution in [2.75, 3.05) is 0 Å². The Bertz CT molecular complexity index is 1290. The van der Waals surface area contributed by atoms with Crippen LogP contribution in [-0.2, 0) is 38.3 Å². The maximum Gasteiger partial charge on any atom is 0.378 e. The summed E-state index contributed by atoms with van der Waals surface area (Å²) in [4.78, 5) is 71.6. The van der Waals surface area contributed by atoms with Gasteiger partial charge in [-0.25, -0.2) is 35.0 Å². The number of esters is 2. The fraction of sp³-hybridized carbons (Fsp3) is 0.538. The highest BCUT2D eigenvalue weighted by Crippen LogP contribution is 2.13. The van der Waals surface area contributed by atoms with Crippen LogP contribution >= 0.6 is 22.7 Å². The number of carbonyl (C=O) groups is 5. The molecular formula is C26H38N4O11S2. The Kier molecular flexibility index (Phi) is 15.8. The molecule has 2 atom stereocenters. The van der Waals surface area contributed by atoms with Gasteiger partial charge >= 0.3 is 23.9 Å². The number of carbonyl (C=O) groups excluding carboxylic acids is 3. The summed E-state index contributed by atoms with van der Waals surface area (Å²) in [6, 6.07) is 0. The van der Waals surface area contributed by atoms with Crippen LogP contribution in [0.2, 0.25) is 0 Å². The predicted octanol–water partition coefficient (Wildman–Crippen LogP) is 3.31. The zero-order chi connectivity index (χ0) is 33.7. The normalized spacial score (nSPS) is 12.8. The third-order valence-corrected chi connectivity index (χ3v) is 5.64. The molecule has 4 N–H and O–H groups in total. The number of carboxylic acids is 2. The summed E-state index contributed by atoms with van der Waals surface area (Å²) in [5, 5.41) is 25.3. The topological polar surface area (TPSA) is 227 Å². The Morgan fingerprint density at radius 2 is 1.21 bits per heavy atom. The fourth-order valence-corrected chi connectivity index (χ4v) is 3.44. The largest absolute Gasteiger partial charge is 0.476 e. The minimum Gasteiger partial charge on any atom is -0.476 e. The van der Waals surface area contributed by atoms with Gasteiger partial charge in [-0.15, -0.1) is 22.7 Å². The minimum absolute atomic E-state index is 0.0139. The Morgan fingerprint density at radius 1 is 0.791 bits per heavy atom. The van der Waals surface area contributed by atoms with Crippen LogP contribution in [0.5, 0.6) is 0 Å². The van der Waals surface area contributed by atoms with Crippen LogP contribution in [0.15, 0.2) is 15.9 Å². The summed E-state index contributed by atoms with van der Waals surface area (Å²) in [5.41, 5.74) is -1.28. The third kappa shape index (κ3) is 16.4. The molecule has 2 unspecified atom stereocenters. The average molecular weight is 647 g/mol. The van der Waals surface area contributed by atoms with Crippen LogP contribution < -0.4 is 5.90 Å². The molecule has 0 spiro atoms. The second kappa shape index (κ2) is 17.3. The number of rotatable bonds is 9. The van der Waals surface area contributed by atoms with Crippen molar-refractivity contribution >= 4 is 58.0 Å². The highest BCUT2D eigenvalue weighted by atomic mass is 32.1. The first-order chi connectivity index (χ1) is 19.6. The monoisotopic (exact) mass is 646 g/mol. The zero-order valence-electron chi connectivity index (χ0n) is 25.6. The van der Waals surface area contributed by atoms with Crippen molar-refractivity contribution in [3.8, 4) is 0 Å². The van der Waals surface area contributed by atoms with Crippen molar-refractivity contribution in [3.63, 3.8) is 0 Å². The number of Topliss-reactive ketones (excluding diaryl/α,β-unsaturated/α-hetero) is 1. The number of thiazole rings is 2. The Hall–Kier alpha value is -3.80. The molecule has 0 saturated heterocycles. The molecule has 2 aromatic heterocycles. The molecule has 2 rings (SSSR count). The number of aliphatic carboxylic acids is 2. The fourth-order valence-electron chi connectivity index (χ4n) is 2.24. The number of nitrogens with two attached hydrogens (primary N) is 1. The van der Waals surface area contributed by atoms with Gasteiger partial charge in [0, 0.05) is 10.8 Å². The Balaban J connectivity index is 0.000000677. The first-order valence-electron chi connectivity index (χ1n) is 12.5. The van der Waals surface area contributed by atoms with Gasteiger partial charge in [-0.05, 0) is 69.2 Å². The molecule has 0 bridgehead atoms. The molecule has 2 heterocycles. The van der Waals surface area contributed by atoms with Crippen molar-refractivity contribution < 1.29 is 53.3 Å². The first-order valence-corrected chi connectivity index (χ1v) is 14.2. The summed E-state index contributed by atoms with van der Waals surface area (Å²) >= 11 is 2.55. The van der Waals surface area contributed by atoms with E-state index in [2.05, 4.69) is 20.0 Å². The molecule has 0 fully saturated rings. The minimum atomic E-state index is -1.46. The molecule has 17 heteroatoms. The second-order valence-electron chi connectivity index (χ2n) is 10.5. The van der Waals surface area contributed by atoms with Crippen molar-refractivity contribution in [1.29, 1.82) is 0 Å². The van der Waals surface area contributed by atoms with Crippen LogP contribution in [-0.4, -0.2) is 79.0 Å². The van der Waals surface area contributed by atoms with E-state index in [4.69, 9.17) is 30.4 Å². The predicted molar refractivity (Wildman–Crippen MR) is 157 cm³/mol. The number of aryl methyl sites for hydroxylation is 2. The molecule has 0 aliphatic heterocycles. The Morgan fingerprint density at radius 3 is 1.53 bits per heavy atom. The SMILES string of the molecule is CC(ON)C(=O)OC(C)(C)C.Cc1nc(/C(=N/OC(C)C(=O)OC(C)(C)C)C(=O)O)cs1.Cc1nc(C(=O)C(=O)O)cs1. The molecule has 2 aromatic rings. The van der Waals surface area contributed by atoms with Crippen molar-refractivity contribution in [3.05, 3.63) is 32.2 Å². The van der Waals surface area contributed by atoms with E-state index in [1.54, 1.807) is 60.8 Å². The van der Waals surface area contributed by atoms with Gasteiger partial charge in [0.25, 0.3) is 5.78 Å². The van der Waals surface area contributed by atoms with Gasteiger partial charge in [0.2, 0.25) is 11.8 Å². The lowest BCUT2D eigenvalue weighted by Gasteiger charge is -2.21. The van der Waals surface area contributed by atoms with E-state index >= 15 is 0 Å². The van der Waals surface area contributed by atoms with E-state index in [-0.39, 0.29) is 17.1 Å². The molecule has 0 aromatic carbocycles. The molecule has 43 heavy (non-hydrogen) atoms. The van der Waals surface area contributed by atoms with Crippen molar-refractivity contribution in [2.45, 2.75) is 92.6 Å². The number of ketones is 1. The molecular weight excluding hydrogens is 608 g/mol. The van der Waals surface area contributed by atoms with Crippen LogP contribution in [0.3, 0.4) is 0 Å². The van der Waals surface area contributed by atoms with Crippen molar-refractivity contribution in [1.82, 2.24) is 9.97 Å². The number of hydrogen-bond acceptors (Lipinski definition) is 15. The molecule has 0 radical (unpaired) electrons. The van der Waals surface area contributed by atoms with E-state index in [0.29, 0.717) is 10.0 Å². The number of carboxylic acid groups (broad SMARTS) is 2. The number of nitrogens with zero attached hydrogens (tertiary/aromatic N) is 3. The van der Waals surface area contributed by atoms with Crippen LogP contribution in [0.4, 0.5) is 0 Å². The maximum absolute atomic E-state index is 11.7. The lowest BCUT2D eigenvalue weighted by molar-refractivity contribution is -0.168. The molecule has 0 amide bonds. The second-order valence-corrected chi connectivity index (χ2v) is 12.6. The molecule has 0 saturated carbocycles. The number of ether oxygens (including phenoxy) is 2. The number of hydrogen-bond donors (Lipinski definition) is 3. The van der Waals surface area contributed by atoms with Gasteiger partial charge in [-0.2, -0.15) is 0 Å². The first kappa shape index (κ1) is 39.2. The van der Waals surface area contributed by atoms with E-state index in [9.17, 15) is 24.0 Å². The number of aromatic nitrogens is 2. The highest BCUT2D eigenvalue weighted by Gasteiger charge is 2.25. The number of oxime groups is 1. The molecule has 0 aliphatic carbocycles. The van der Waals surface area contributed by atoms with Gasteiger partial charge < -0.3 is 24.5 Å². The van der Waals surface area contributed by atoms with Crippen LogP contribution in [0.1, 0.15) is 81.6 Å². The van der Waals surface area contributed by atoms with Gasteiger partial charge in [0.05, 0.1) is 10.0 Å². The zero-order valence-corrected chi connectivity index (χ0v) is 27.2. The van der Waals surface area contributed by atoms with E-state index in [1.807, 2.05) is 0 Å². The average Bonchev–Trinajstić information content (AvgIpc) is 3.49. The summed E-state index contributed by atoms with van der Waals surface area (Å²) in [6.45, 7) is 17.0. The maximum atomic E-state index is 11.7. The van der Waals surface area contributed by atoms with Gasteiger partial charge in [0.15, 0.2) is 6.10 Å². The van der Waals surface area contributed by atoms with E-state index < -0.39 is 53.1 Å². The summed E-state index contributed by atoms with van der Waals surface area (Å²) < 4.78 is 10.1. The summed E-state index contributed by atoms with van der Waals surface area (Å²) in [5.74, 6) is 0.0334. The van der Waals surface area contributed by atoms with Gasteiger partial charge in [-0.1, -0.05) is 5.16 Å². The standard InChI is InChI=1S/C13H18N2O5S.C7H15NO3.C6H5NO3S/c1-7(12(18)19-13(3,4)5)20-15-10(11(16)17)9-6-21-8(2)14-9;1-5(11-8)6(9)10-7(2,3)4;1-3-7-4(2-11-3)5(8)6(9)10/h6-7H,1-5H3,(H,16,17);5H,8H2,1-4H3;2H,1H3,(H,9,10)/b15-10-;;. The highest BCUT2D eigenvalue weighted by molar-refractivity contribution is 7.10. The Labute approximate surface area is 257 Å². The quantitative estimate of drug-likeness (QED) is 0.117. The summed E-state index contributed by atoms with van der Waals surface area (Å²) in [7, 11) is 0. The smallest absolute Gasteiger partial charge is 0.378 e. The van der Waals surface area contributed by atoms with E-state index in [0.717, 1.165) is 0 Å². The molecule has 15 nitrogen and oxygen atoms in total. The molecule has 240 valence electrons. The third-order valence-electron chi connectivity index (χ3n) is 4.09. The van der Waals surface area contributed by atoms with Crippen LogP contribution in [0.25, 0.3) is 0 Å². The lowest BCUT2D eigenvalue weighted by Crippen LogP contribution is -2.33. The lowest BCUT2D eigenvalue weighted by atomic mass is 10.2.